The Bertz CT molecular complexity index is 234. The first-order valence-electron chi connectivity index (χ1n) is 9.86. The lowest BCUT2D eigenvalue weighted by atomic mass is 9.76. The second-order valence-electron chi connectivity index (χ2n) is 7.71. The maximum absolute atomic E-state index is 3.60. The van der Waals surface area contributed by atoms with Gasteiger partial charge in [-0.2, -0.15) is 0 Å². The lowest BCUT2D eigenvalue weighted by Gasteiger charge is -2.31. The second-order valence-corrected chi connectivity index (χ2v) is 7.71. The van der Waals surface area contributed by atoms with Crippen LogP contribution in [0.15, 0.2) is 0 Å². The van der Waals surface area contributed by atoms with Crippen LogP contribution in [0.5, 0.6) is 0 Å². The number of unbranched alkanes of at least 4 members (excludes halogenated alkanes) is 2. The van der Waals surface area contributed by atoms with Crippen LogP contribution in [0.25, 0.3) is 0 Å². The average Bonchev–Trinajstić information content (AvgIpc) is 2.45. The summed E-state index contributed by atoms with van der Waals surface area (Å²) in [5, 5.41) is 3.60. The molecule has 1 saturated carbocycles. The summed E-state index contributed by atoms with van der Waals surface area (Å²) in [7, 11) is 2.17. The van der Waals surface area contributed by atoms with Gasteiger partial charge in [0.2, 0.25) is 0 Å². The molecule has 3 unspecified atom stereocenters. The lowest BCUT2D eigenvalue weighted by molar-refractivity contribution is 0.223. The predicted molar refractivity (Wildman–Crippen MR) is 95.7 cm³/mol. The molecule has 0 amide bonds. The fraction of sp³-hybridized carbons (Fsp3) is 1.00. The van der Waals surface area contributed by atoms with Gasteiger partial charge in [-0.25, -0.2) is 0 Å². The van der Waals surface area contributed by atoms with Gasteiger partial charge < -0.3 is 5.32 Å². The largest absolute Gasteiger partial charge is 0.317 e. The molecular weight excluding hydrogens is 254 g/mol. The van der Waals surface area contributed by atoms with Crippen molar-refractivity contribution in [3.63, 3.8) is 0 Å². The van der Waals surface area contributed by atoms with Crippen LogP contribution >= 0.6 is 0 Å². The third-order valence-corrected chi connectivity index (χ3v) is 5.80. The smallest absolute Gasteiger partial charge is 0.00668 e. The molecule has 1 heteroatoms. The van der Waals surface area contributed by atoms with Crippen molar-refractivity contribution in [2.75, 3.05) is 7.05 Å². The van der Waals surface area contributed by atoms with Crippen molar-refractivity contribution in [1.82, 2.24) is 5.32 Å². The summed E-state index contributed by atoms with van der Waals surface area (Å²) in [6.07, 6.45) is 17.2. The van der Waals surface area contributed by atoms with Gasteiger partial charge in [0.25, 0.3) is 0 Å². The minimum absolute atomic E-state index is 0.753. The highest BCUT2D eigenvalue weighted by Crippen LogP contribution is 2.35. The van der Waals surface area contributed by atoms with Crippen molar-refractivity contribution >= 4 is 0 Å². The molecule has 0 radical (unpaired) electrons. The van der Waals surface area contributed by atoms with Crippen LogP contribution in [-0.4, -0.2) is 13.1 Å². The topological polar surface area (TPSA) is 12.0 Å². The SMILES string of the molecule is CCCCCC(C)CCC(CC(CC)CC1CCC1)NC. The van der Waals surface area contributed by atoms with Crippen molar-refractivity contribution in [3.8, 4) is 0 Å². The van der Waals surface area contributed by atoms with Crippen molar-refractivity contribution < 1.29 is 0 Å². The van der Waals surface area contributed by atoms with E-state index < -0.39 is 0 Å². The van der Waals surface area contributed by atoms with Gasteiger partial charge in [0.15, 0.2) is 0 Å². The lowest BCUT2D eigenvalue weighted by Crippen LogP contribution is -2.29. The van der Waals surface area contributed by atoms with Crippen LogP contribution in [0.2, 0.25) is 0 Å². The minimum atomic E-state index is 0.753. The molecule has 1 N–H and O–H groups in total. The summed E-state index contributed by atoms with van der Waals surface area (Å²) in [4.78, 5) is 0. The van der Waals surface area contributed by atoms with Crippen molar-refractivity contribution in [2.24, 2.45) is 17.8 Å². The van der Waals surface area contributed by atoms with E-state index >= 15 is 0 Å². The summed E-state index contributed by atoms with van der Waals surface area (Å²) in [5.74, 6) is 2.95. The molecule has 126 valence electrons. The zero-order valence-corrected chi connectivity index (χ0v) is 15.3. The maximum atomic E-state index is 3.60. The quantitative estimate of drug-likeness (QED) is 0.400. The summed E-state index contributed by atoms with van der Waals surface area (Å²) in [5.41, 5.74) is 0. The van der Waals surface area contributed by atoms with Gasteiger partial charge in [0.1, 0.15) is 0 Å². The standard InChI is InChI=1S/C20H41N/c1-5-7-8-10-17(3)13-14-20(21-4)16-18(6-2)15-19-11-9-12-19/h17-21H,5-16H2,1-4H3. The Hall–Kier alpha value is -0.0400. The zero-order chi connectivity index (χ0) is 15.5. The van der Waals surface area contributed by atoms with Gasteiger partial charge >= 0.3 is 0 Å². The Balaban J connectivity index is 2.19. The first-order chi connectivity index (χ1) is 10.2. The number of hydrogen-bond acceptors (Lipinski definition) is 1. The summed E-state index contributed by atoms with van der Waals surface area (Å²) >= 11 is 0. The van der Waals surface area contributed by atoms with E-state index in [1.54, 1.807) is 0 Å². The molecule has 0 aromatic carbocycles. The number of hydrogen-bond donors (Lipinski definition) is 1. The van der Waals surface area contributed by atoms with Gasteiger partial charge in [-0.15, -0.1) is 0 Å². The Morgan fingerprint density at radius 1 is 1.05 bits per heavy atom. The molecule has 1 rings (SSSR count). The van der Waals surface area contributed by atoms with E-state index in [1.807, 2.05) is 0 Å². The molecule has 0 heterocycles. The zero-order valence-electron chi connectivity index (χ0n) is 15.3. The Morgan fingerprint density at radius 3 is 2.33 bits per heavy atom. The van der Waals surface area contributed by atoms with Gasteiger partial charge in [0.05, 0.1) is 0 Å². The van der Waals surface area contributed by atoms with E-state index in [0.717, 1.165) is 23.8 Å². The highest BCUT2D eigenvalue weighted by Gasteiger charge is 2.23. The Morgan fingerprint density at radius 2 is 1.81 bits per heavy atom. The van der Waals surface area contributed by atoms with Crippen LogP contribution in [0, 0.1) is 17.8 Å². The Labute approximate surface area is 134 Å². The molecule has 0 spiro atoms. The van der Waals surface area contributed by atoms with E-state index in [9.17, 15) is 0 Å². The van der Waals surface area contributed by atoms with Crippen LogP contribution in [-0.2, 0) is 0 Å². The second kappa shape index (κ2) is 11.5. The molecule has 0 aromatic rings. The molecule has 0 aromatic heterocycles. The first-order valence-corrected chi connectivity index (χ1v) is 9.86. The van der Waals surface area contributed by atoms with E-state index in [1.165, 1.54) is 77.0 Å². The average molecular weight is 296 g/mol. The van der Waals surface area contributed by atoms with E-state index in [-0.39, 0.29) is 0 Å². The molecule has 0 saturated heterocycles. The molecule has 0 bridgehead atoms. The highest BCUT2D eigenvalue weighted by molar-refractivity contribution is 4.77. The van der Waals surface area contributed by atoms with Crippen molar-refractivity contribution in [1.29, 1.82) is 0 Å². The third kappa shape index (κ3) is 8.24. The molecule has 21 heavy (non-hydrogen) atoms. The Kier molecular flexibility index (Phi) is 10.4. The van der Waals surface area contributed by atoms with Gasteiger partial charge in [-0.3, -0.25) is 0 Å². The summed E-state index contributed by atoms with van der Waals surface area (Å²) in [6.45, 7) is 7.15. The van der Waals surface area contributed by atoms with Crippen molar-refractivity contribution in [3.05, 3.63) is 0 Å². The molecule has 1 aliphatic rings. The van der Waals surface area contributed by atoms with Crippen LogP contribution in [0.4, 0.5) is 0 Å². The first kappa shape index (κ1) is 19.0. The van der Waals surface area contributed by atoms with Crippen molar-refractivity contribution in [2.45, 2.75) is 104 Å². The summed E-state index contributed by atoms with van der Waals surface area (Å²) in [6, 6.07) is 0.753. The fourth-order valence-electron chi connectivity index (χ4n) is 3.78. The van der Waals surface area contributed by atoms with Gasteiger partial charge in [0, 0.05) is 6.04 Å². The van der Waals surface area contributed by atoms with E-state index in [2.05, 4.69) is 33.1 Å². The summed E-state index contributed by atoms with van der Waals surface area (Å²) < 4.78 is 0. The van der Waals surface area contributed by atoms with Crippen LogP contribution in [0.1, 0.15) is 97.8 Å². The molecule has 1 fully saturated rings. The van der Waals surface area contributed by atoms with Gasteiger partial charge in [-0.1, -0.05) is 72.1 Å². The third-order valence-electron chi connectivity index (χ3n) is 5.80. The normalized spacial score (nSPS) is 20.0. The number of rotatable bonds is 13. The van der Waals surface area contributed by atoms with Gasteiger partial charge in [-0.05, 0) is 50.5 Å². The fourth-order valence-corrected chi connectivity index (χ4v) is 3.78. The van der Waals surface area contributed by atoms with E-state index in [0.29, 0.717) is 0 Å². The monoisotopic (exact) mass is 295 g/mol. The van der Waals surface area contributed by atoms with Crippen LogP contribution < -0.4 is 5.32 Å². The predicted octanol–water partition coefficient (Wildman–Crippen LogP) is 6.18. The minimum Gasteiger partial charge on any atom is -0.317 e. The van der Waals surface area contributed by atoms with E-state index in [4.69, 9.17) is 0 Å². The highest BCUT2D eigenvalue weighted by atomic mass is 14.9. The van der Waals surface area contributed by atoms with Crippen LogP contribution in [0.3, 0.4) is 0 Å². The molecule has 1 nitrogen and oxygen atoms in total. The molecule has 0 aliphatic heterocycles. The molecule has 3 atom stereocenters. The maximum Gasteiger partial charge on any atom is 0.00668 e. The molecular formula is C20H41N. The molecule has 1 aliphatic carbocycles. The number of nitrogens with one attached hydrogen (secondary N) is 1.